The van der Waals surface area contributed by atoms with Gasteiger partial charge in [-0.2, -0.15) is 5.10 Å². The molecule has 0 aliphatic rings. The molecule has 1 aromatic heterocycles. The number of aryl methyl sites for hydroxylation is 1. The Hall–Kier alpha value is -3.02. The number of fused-ring (bicyclic) bond motifs is 1. The number of amides is 1. The van der Waals surface area contributed by atoms with E-state index in [0.717, 1.165) is 5.56 Å². The van der Waals surface area contributed by atoms with Crippen molar-refractivity contribution >= 4 is 16.7 Å². The van der Waals surface area contributed by atoms with Gasteiger partial charge in [0.15, 0.2) is 0 Å². The van der Waals surface area contributed by atoms with Gasteiger partial charge < -0.3 is 5.32 Å². The minimum atomic E-state index is -0.290. The molecule has 134 valence electrons. The highest BCUT2D eigenvalue weighted by atomic mass is 19.1. The van der Waals surface area contributed by atoms with E-state index in [1.807, 2.05) is 19.1 Å². The lowest BCUT2D eigenvalue weighted by atomic mass is 10.1. The second-order valence-corrected chi connectivity index (χ2v) is 6.40. The molecule has 1 atom stereocenters. The zero-order chi connectivity index (χ0) is 18.7. The fourth-order valence-corrected chi connectivity index (χ4v) is 3.05. The maximum atomic E-state index is 13.3. The minimum Gasteiger partial charge on any atom is -0.353 e. The third-order valence-electron chi connectivity index (χ3n) is 4.20. The van der Waals surface area contributed by atoms with Gasteiger partial charge in [-0.3, -0.25) is 9.59 Å². The average molecular weight is 353 g/mol. The molecule has 5 nitrogen and oxygen atoms in total. The Morgan fingerprint density at radius 3 is 2.65 bits per heavy atom. The van der Waals surface area contributed by atoms with E-state index in [4.69, 9.17) is 0 Å². The number of benzene rings is 2. The first kappa shape index (κ1) is 17.8. The Morgan fingerprint density at radius 2 is 1.92 bits per heavy atom. The topological polar surface area (TPSA) is 64.0 Å². The molecule has 1 amide bonds. The van der Waals surface area contributed by atoms with Gasteiger partial charge >= 0.3 is 0 Å². The SMILES string of the molecule is CC(Cc1cccc(F)c1)NC(=O)Cc1nn(C)c(=O)c2ccccc12. The summed E-state index contributed by atoms with van der Waals surface area (Å²) in [6.07, 6.45) is 0.604. The summed E-state index contributed by atoms with van der Waals surface area (Å²) in [6.45, 7) is 1.87. The largest absolute Gasteiger partial charge is 0.353 e. The maximum absolute atomic E-state index is 13.3. The number of halogens is 1. The first-order valence-electron chi connectivity index (χ1n) is 8.43. The quantitative estimate of drug-likeness (QED) is 0.766. The second kappa shape index (κ2) is 7.47. The zero-order valence-corrected chi connectivity index (χ0v) is 14.7. The van der Waals surface area contributed by atoms with Crippen LogP contribution >= 0.6 is 0 Å². The molecule has 3 aromatic rings. The Bertz CT molecular complexity index is 1010. The van der Waals surface area contributed by atoms with E-state index in [1.165, 1.54) is 16.8 Å². The molecule has 0 spiro atoms. The van der Waals surface area contributed by atoms with Crippen LogP contribution in [0.2, 0.25) is 0 Å². The number of aromatic nitrogens is 2. The lowest BCUT2D eigenvalue weighted by Crippen LogP contribution is -2.35. The zero-order valence-electron chi connectivity index (χ0n) is 14.7. The van der Waals surface area contributed by atoms with Gasteiger partial charge in [-0.15, -0.1) is 0 Å². The summed E-state index contributed by atoms with van der Waals surface area (Å²) in [5.41, 5.74) is 1.19. The Kier molecular flexibility index (Phi) is 5.11. The van der Waals surface area contributed by atoms with Gasteiger partial charge in [0.2, 0.25) is 5.91 Å². The van der Waals surface area contributed by atoms with Gasteiger partial charge in [0.25, 0.3) is 5.56 Å². The smallest absolute Gasteiger partial charge is 0.274 e. The summed E-state index contributed by atoms with van der Waals surface area (Å²) in [5.74, 6) is -0.480. The Morgan fingerprint density at radius 1 is 1.19 bits per heavy atom. The summed E-state index contributed by atoms with van der Waals surface area (Å²) in [7, 11) is 1.57. The Labute approximate surface area is 150 Å². The number of hydrogen-bond acceptors (Lipinski definition) is 3. The van der Waals surface area contributed by atoms with Crippen LogP contribution in [0.5, 0.6) is 0 Å². The van der Waals surface area contributed by atoms with E-state index in [2.05, 4.69) is 10.4 Å². The second-order valence-electron chi connectivity index (χ2n) is 6.40. The van der Waals surface area contributed by atoms with Crippen LogP contribution in [0, 0.1) is 5.82 Å². The van der Waals surface area contributed by atoms with Crippen molar-refractivity contribution in [2.45, 2.75) is 25.8 Å². The summed E-state index contributed by atoms with van der Waals surface area (Å²) in [6, 6.07) is 13.3. The highest BCUT2D eigenvalue weighted by molar-refractivity contribution is 5.88. The molecule has 0 radical (unpaired) electrons. The molecule has 26 heavy (non-hydrogen) atoms. The number of rotatable bonds is 5. The van der Waals surface area contributed by atoms with E-state index in [9.17, 15) is 14.0 Å². The van der Waals surface area contributed by atoms with Crippen molar-refractivity contribution in [3.8, 4) is 0 Å². The normalized spacial score (nSPS) is 12.1. The van der Waals surface area contributed by atoms with Crippen LogP contribution in [0.15, 0.2) is 53.3 Å². The van der Waals surface area contributed by atoms with Gasteiger partial charge in [-0.1, -0.05) is 30.3 Å². The average Bonchev–Trinajstić information content (AvgIpc) is 2.59. The van der Waals surface area contributed by atoms with Gasteiger partial charge in [0.05, 0.1) is 17.5 Å². The van der Waals surface area contributed by atoms with Gasteiger partial charge in [-0.05, 0) is 37.1 Å². The molecule has 0 fully saturated rings. The van der Waals surface area contributed by atoms with Gasteiger partial charge in [0, 0.05) is 18.5 Å². The predicted molar refractivity (Wildman–Crippen MR) is 98.4 cm³/mol. The molecular formula is C20H20FN3O2. The summed E-state index contributed by atoms with van der Waals surface area (Å²) in [4.78, 5) is 24.6. The third-order valence-corrected chi connectivity index (χ3v) is 4.20. The number of carbonyl (C=O) groups excluding carboxylic acids is 1. The van der Waals surface area contributed by atoms with Crippen molar-refractivity contribution in [3.05, 3.63) is 76.0 Å². The van der Waals surface area contributed by atoms with Crippen LogP contribution in [0.1, 0.15) is 18.2 Å². The molecule has 1 heterocycles. The molecule has 1 N–H and O–H groups in total. The maximum Gasteiger partial charge on any atom is 0.274 e. The van der Waals surface area contributed by atoms with Crippen LogP contribution in [0.25, 0.3) is 10.8 Å². The first-order chi connectivity index (χ1) is 12.4. The van der Waals surface area contributed by atoms with Crippen molar-refractivity contribution in [3.63, 3.8) is 0 Å². The van der Waals surface area contributed by atoms with E-state index in [0.29, 0.717) is 22.9 Å². The van der Waals surface area contributed by atoms with Crippen LogP contribution in [-0.4, -0.2) is 21.7 Å². The summed E-state index contributed by atoms with van der Waals surface area (Å²) >= 11 is 0. The van der Waals surface area contributed by atoms with Crippen molar-refractivity contribution in [1.29, 1.82) is 0 Å². The first-order valence-corrected chi connectivity index (χ1v) is 8.43. The molecular weight excluding hydrogens is 333 g/mol. The lowest BCUT2D eigenvalue weighted by molar-refractivity contribution is -0.121. The predicted octanol–water partition coefficient (Wildman–Crippen LogP) is 2.36. The number of nitrogens with one attached hydrogen (secondary N) is 1. The highest BCUT2D eigenvalue weighted by Crippen LogP contribution is 2.13. The van der Waals surface area contributed by atoms with E-state index >= 15 is 0 Å². The number of carbonyl (C=O) groups is 1. The van der Waals surface area contributed by atoms with Crippen LogP contribution < -0.4 is 10.9 Å². The molecule has 1 unspecified atom stereocenters. The van der Waals surface area contributed by atoms with Crippen molar-refractivity contribution in [1.82, 2.24) is 15.1 Å². The monoisotopic (exact) mass is 353 g/mol. The minimum absolute atomic E-state index is 0.0716. The van der Waals surface area contributed by atoms with Crippen LogP contribution in [-0.2, 0) is 24.7 Å². The third kappa shape index (κ3) is 3.96. The highest BCUT2D eigenvalue weighted by Gasteiger charge is 2.14. The number of hydrogen-bond donors (Lipinski definition) is 1. The van der Waals surface area contributed by atoms with Crippen molar-refractivity contribution in [2.24, 2.45) is 7.05 Å². The summed E-state index contributed by atoms with van der Waals surface area (Å²) in [5, 5.41) is 8.37. The number of nitrogens with zero attached hydrogens (tertiary/aromatic N) is 2. The molecule has 3 rings (SSSR count). The molecule has 0 bridgehead atoms. The van der Waals surface area contributed by atoms with Gasteiger partial charge in [-0.25, -0.2) is 9.07 Å². The van der Waals surface area contributed by atoms with Crippen LogP contribution in [0.3, 0.4) is 0 Å². The van der Waals surface area contributed by atoms with E-state index in [1.54, 1.807) is 31.3 Å². The standard InChI is InChI=1S/C20H20FN3O2/c1-13(10-14-6-5-7-15(21)11-14)22-19(25)12-18-16-8-3-4-9-17(16)20(26)24(2)23-18/h3-9,11,13H,10,12H2,1-2H3,(H,22,25). The molecule has 6 heteroatoms. The van der Waals surface area contributed by atoms with Crippen molar-refractivity contribution < 1.29 is 9.18 Å². The fraction of sp³-hybridized carbons (Fsp3) is 0.250. The molecule has 2 aromatic carbocycles. The molecule has 0 saturated carbocycles. The molecule has 0 aliphatic carbocycles. The lowest BCUT2D eigenvalue weighted by Gasteiger charge is -2.15. The van der Waals surface area contributed by atoms with E-state index in [-0.39, 0.29) is 29.7 Å². The molecule has 0 saturated heterocycles. The van der Waals surface area contributed by atoms with Gasteiger partial charge in [0.1, 0.15) is 5.82 Å². The molecule has 0 aliphatic heterocycles. The Balaban J connectivity index is 1.73. The summed E-state index contributed by atoms with van der Waals surface area (Å²) < 4.78 is 14.5. The van der Waals surface area contributed by atoms with Crippen LogP contribution in [0.4, 0.5) is 4.39 Å². The van der Waals surface area contributed by atoms with E-state index < -0.39 is 0 Å². The fourth-order valence-electron chi connectivity index (χ4n) is 3.05. The van der Waals surface area contributed by atoms with Crippen molar-refractivity contribution in [2.75, 3.05) is 0 Å².